The van der Waals surface area contributed by atoms with Gasteiger partial charge in [-0.25, -0.2) is 9.37 Å². The molecule has 4 aromatic rings. The van der Waals surface area contributed by atoms with Gasteiger partial charge in [0.1, 0.15) is 5.82 Å². The van der Waals surface area contributed by atoms with E-state index >= 15 is 0 Å². The Labute approximate surface area is 170 Å². The fraction of sp³-hybridized carbons (Fsp3) is 0.0952. The minimum atomic E-state index is -0.223. The van der Waals surface area contributed by atoms with Crippen molar-refractivity contribution in [2.24, 2.45) is 0 Å². The van der Waals surface area contributed by atoms with Crippen LogP contribution in [0.25, 0.3) is 32.1 Å². The molecule has 0 fully saturated rings. The highest BCUT2D eigenvalue weighted by molar-refractivity contribution is 7.98. The Hall–Kier alpha value is -2.15. The highest BCUT2D eigenvalue weighted by Gasteiger charge is 2.16. The Bertz CT molecular complexity index is 1050. The third kappa shape index (κ3) is 3.78. The van der Waals surface area contributed by atoms with Gasteiger partial charge in [0.15, 0.2) is 5.13 Å². The van der Waals surface area contributed by atoms with Crippen LogP contribution in [0, 0.1) is 5.82 Å². The van der Waals surface area contributed by atoms with Crippen molar-refractivity contribution < 1.29 is 4.39 Å². The van der Waals surface area contributed by atoms with Crippen LogP contribution >= 0.6 is 34.4 Å². The van der Waals surface area contributed by atoms with Gasteiger partial charge in [-0.3, -0.25) is 0 Å². The molecule has 1 N–H and O–H groups in total. The molecule has 0 atom stereocenters. The smallest absolute Gasteiger partial charge is 0.182 e. The van der Waals surface area contributed by atoms with Crippen LogP contribution in [-0.2, 0) is 0 Å². The van der Waals surface area contributed by atoms with Gasteiger partial charge in [-0.05, 0) is 47.7 Å². The Morgan fingerprint density at radius 2 is 1.70 bits per heavy atom. The van der Waals surface area contributed by atoms with Crippen molar-refractivity contribution in [3.63, 3.8) is 0 Å². The number of hydrogen-bond donors (Lipinski definition) is 1. The number of thiazole rings is 1. The number of nitrogens with one attached hydrogen (secondary N) is 1. The van der Waals surface area contributed by atoms with Gasteiger partial charge in [-0.15, -0.1) is 34.4 Å². The van der Waals surface area contributed by atoms with E-state index in [1.54, 1.807) is 34.4 Å². The normalized spacial score (nSPS) is 10.9. The molecule has 0 saturated heterocycles. The predicted molar refractivity (Wildman–Crippen MR) is 118 cm³/mol. The van der Waals surface area contributed by atoms with Gasteiger partial charge in [-0.2, -0.15) is 0 Å². The summed E-state index contributed by atoms with van der Waals surface area (Å²) in [5.41, 5.74) is 4.28. The summed E-state index contributed by atoms with van der Waals surface area (Å²) in [5.74, 6) is -0.223. The number of rotatable bonds is 5. The summed E-state index contributed by atoms with van der Waals surface area (Å²) in [6, 6.07) is 17.4. The summed E-state index contributed by atoms with van der Waals surface area (Å²) in [7, 11) is 1.87. The summed E-state index contributed by atoms with van der Waals surface area (Å²) < 4.78 is 13.4. The summed E-state index contributed by atoms with van der Waals surface area (Å²) >= 11 is 5.01. The molecule has 2 aromatic carbocycles. The lowest BCUT2D eigenvalue weighted by Gasteiger charge is -2.05. The second-order valence-corrected chi connectivity index (χ2v) is 8.67. The topological polar surface area (TPSA) is 24.9 Å². The number of thiophene rings is 1. The van der Waals surface area contributed by atoms with Crippen molar-refractivity contribution in [3.8, 4) is 32.1 Å². The quantitative estimate of drug-likeness (QED) is 0.354. The molecule has 0 bridgehead atoms. The molecule has 27 heavy (non-hydrogen) atoms. The number of aromatic nitrogens is 1. The highest BCUT2D eigenvalue weighted by Crippen LogP contribution is 2.44. The van der Waals surface area contributed by atoms with Gasteiger partial charge in [0.25, 0.3) is 0 Å². The number of hydrogen-bond acceptors (Lipinski definition) is 5. The van der Waals surface area contributed by atoms with Crippen LogP contribution in [0.4, 0.5) is 9.52 Å². The minimum Gasteiger partial charge on any atom is -0.365 e. The lowest BCUT2D eigenvalue weighted by Crippen LogP contribution is -1.85. The Kier molecular flexibility index (Phi) is 5.29. The first kappa shape index (κ1) is 18.2. The summed E-state index contributed by atoms with van der Waals surface area (Å²) in [6.45, 7) is 0. The first-order chi connectivity index (χ1) is 13.2. The molecule has 2 nitrogen and oxygen atoms in total. The van der Waals surface area contributed by atoms with Crippen LogP contribution in [0.5, 0.6) is 0 Å². The van der Waals surface area contributed by atoms with Gasteiger partial charge >= 0.3 is 0 Å². The van der Waals surface area contributed by atoms with E-state index in [0.29, 0.717) is 0 Å². The van der Waals surface area contributed by atoms with Crippen molar-refractivity contribution in [2.45, 2.75) is 4.90 Å². The fourth-order valence-electron chi connectivity index (χ4n) is 2.82. The van der Waals surface area contributed by atoms with Crippen molar-refractivity contribution in [1.82, 2.24) is 4.98 Å². The van der Waals surface area contributed by atoms with Gasteiger partial charge in [0, 0.05) is 27.8 Å². The molecule has 0 radical (unpaired) electrons. The summed E-state index contributed by atoms with van der Waals surface area (Å²) in [6.07, 6.45) is 2.07. The number of thioether (sulfide) groups is 1. The van der Waals surface area contributed by atoms with Crippen LogP contribution in [0.3, 0.4) is 0 Å². The van der Waals surface area contributed by atoms with Crippen molar-refractivity contribution in [1.29, 1.82) is 0 Å². The molecular weight excluding hydrogens is 395 g/mol. The predicted octanol–water partition coefficient (Wildman–Crippen LogP) is 7.11. The monoisotopic (exact) mass is 412 g/mol. The molecule has 0 amide bonds. The number of benzene rings is 2. The summed E-state index contributed by atoms with van der Waals surface area (Å²) in [5, 5.41) is 6.05. The molecule has 0 aliphatic rings. The largest absolute Gasteiger partial charge is 0.365 e. The lowest BCUT2D eigenvalue weighted by molar-refractivity contribution is 0.628. The summed E-state index contributed by atoms with van der Waals surface area (Å²) in [4.78, 5) is 8.10. The van der Waals surface area contributed by atoms with Crippen molar-refractivity contribution >= 4 is 39.6 Å². The van der Waals surface area contributed by atoms with Crippen LogP contribution in [0.1, 0.15) is 0 Å². The molecule has 136 valence electrons. The first-order valence-corrected chi connectivity index (χ1v) is 11.3. The van der Waals surface area contributed by atoms with Crippen molar-refractivity contribution in [2.75, 3.05) is 18.6 Å². The zero-order valence-electron chi connectivity index (χ0n) is 14.8. The van der Waals surface area contributed by atoms with E-state index in [4.69, 9.17) is 0 Å². The Morgan fingerprint density at radius 3 is 2.33 bits per heavy atom. The van der Waals surface area contributed by atoms with Gasteiger partial charge in [0.2, 0.25) is 0 Å². The zero-order chi connectivity index (χ0) is 18.8. The van der Waals surface area contributed by atoms with Crippen LogP contribution in [0.15, 0.2) is 64.9 Å². The average molecular weight is 413 g/mol. The van der Waals surface area contributed by atoms with E-state index in [2.05, 4.69) is 52.3 Å². The Balaban J connectivity index is 1.84. The molecule has 0 aliphatic heterocycles. The fourth-order valence-corrected chi connectivity index (χ4v) is 5.12. The average Bonchev–Trinajstić information content (AvgIpc) is 3.36. The standard InChI is InChI=1S/C21H17FN2S3/c1-23-21-24-18(12-26-21)19-11-17(13-5-9-16(25-2)10-6-13)20(27-19)14-3-7-15(22)8-4-14/h3-12H,1-2H3,(H,23,24). The molecule has 6 heteroatoms. The van der Waals surface area contributed by atoms with Gasteiger partial charge in [0.05, 0.1) is 10.6 Å². The van der Waals surface area contributed by atoms with Gasteiger partial charge < -0.3 is 5.32 Å². The van der Waals surface area contributed by atoms with Crippen molar-refractivity contribution in [3.05, 3.63) is 65.8 Å². The molecule has 0 unspecified atom stereocenters. The van der Waals surface area contributed by atoms with E-state index in [9.17, 15) is 4.39 Å². The van der Waals surface area contributed by atoms with E-state index < -0.39 is 0 Å². The lowest BCUT2D eigenvalue weighted by atomic mass is 10.0. The maximum Gasteiger partial charge on any atom is 0.182 e. The van der Waals surface area contributed by atoms with E-state index in [0.717, 1.165) is 37.3 Å². The zero-order valence-corrected chi connectivity index (χ0v) is 17.3. The molecule has 0 saturated carbocycles. The minimum absolute atomic E-state index is 0.223. The van der Waals surface area contributed by atoms with E-state index in [-0.39, 0.29) is 5.82 Å². The molecule has 2 heterocycles. The number of anilines is 1. The molecule has 0 spiro atoms. The van der Waals surface area contributed by atoms with Crippen LogP contribution in [0.2, 0.25) is 0 Å². The maximum absolute atomic E-state index is 13.4. The molecule has 2 aromatic heterocycles. The van der Waals surface area contributed by atoms with E-state index in [1.807, 2.05) is 19.2 Å². The highest BCUT2D eigenvalue weighted by atomic mass is 32.2. The SMILES string of the molecule is CNc1nc(-c2cc(-c3ccc(SC)cc3)c(-c3ccc(F)cc3)s2)cs1. The third-order valence-electron chi connectivity index (χ3n) is 4.21. The van der Waals surface area contributed by atoms with Gasteiger partial charge in [-0.1, -0.05) is 24.3 Å². The number of nitrogens with zero attached hydrogens (tertiary/aromatic N) is 1. The van der Waals surface area contributed by atoms with E-state index in [1.165, 1.54) is 17.0 Å². The second kappa shape index (κ2) is 7.84. The third-order valence-corrected chi connectivity index (χ3v) is 7.02. The van der Waals surface area contributed by atoms with Crippen LogP contribution in [-0.4, -0.2) is 18.3 Å². The number of halogens is 1. The molecule has 0 aliphatic carbocycles. The maximum atomic E-state index is 13.4. The molecule has 4 rings (SSSR count). The Morgan fingerprint density at radius 1 is 1.00 bits per heavy atom. The molecular formula is C21H17FN2S3. The van der Waals surface area contributed by atoms with Crippen LogP contribution < -0.4 is 5.32 Å². The first-order valence-electron chi connectivity index (χ1n) is 8.36. The second-order valence-electron chi connectivity index (χ2n) is 5.88.